The van der Waals surface area contributed by atoms with Gasteiger partial charge in [0.2, 0.25) is 11.8 Å². The summed E-state index contributed by atoms with van der Waals surface area (Å²) in [6, 6.07) is -1.09. The third-order valence-corrected chi connectivity index (χ3v) is 5.99. The Kier molecular flexibility index (Phi) is 5.87. The average molecular weight is 389 g/mol. The lowest BCUT2D eigenvalue weighted by molar-refractivity contribution is -0.128. The molecule has 0 unspecified atom stereocenters. The highest BCUT2D eigenvalue weighted by Crippen LogP contribution is 2.42. The first-order valence-corrected chi connectivity index (χ1v) is 10.2. The van der Waals surface area contributed by atoms with Gasteiger partial charge < -0.3 is 15.4 Å². The van der Waals surface area contributed by atoms with E-state index in [1.165, 1.54) is 0 Å². The Morgan fingerprint density at radius 2 is 2.11 bits per heavy atom. The quantitative estimate of drug-likeness (QED) is 0.716. The molecule has 1 aliphatic carbocycles. The van der Waals surface area contributed by atoms with Gasteiger partial charge in [0.05, 0.1) is 6.04 Å². The first kappa shape index (κ1) is 20.5. The van der Waals surface area contributed by atoms with E-state index >= 15 is 0 Å². The number of carbonyl (C=O) groups is 3. The molecule has 7 nitrogen and oxygen atoms in total. The van der Waals surface area contributed by atoms with Gasteiger partial charge in [-0.2, -0.15) is 0 Å². The summed E-state index contributed by atoms with van der Waals surface area (Å²) in [6.45, 7) is 6.64. The fourth-order valence-corrected chi connectivity index (χ4v) is 4.73. The molecule has 0 spiro atoms. The SMILES string of the molecule is C#C[C@H](C[C@@H]1CCNC1=O)NC(=O)[C@@H]1[C@H]2CCC[C@H]2CN1C(=O)OC(C)(C)C. The maximum absolute atomic E-state index is 13.1. The Balaban J connectivity index is 1.69. The Hall–Kier alpha value is -2.23. The lowest BCUT2D eigenvalue weighted by Crippen LogP contribution is -2.52. The number of nitrogens with one attached hydrogen (secondary N) is 2. The van der Waals surface area contributed by atoms with Gasteiger partial charge in [-0.3, -0.25) is 14.5 Å². The zero-order valence-electron chi connectivity index (χ0n) is 17.0. The van der Waals surface area contributed by atoms with Crippen LogP contribution in [0.15, 0.2) is 0 Å². The maximum Gasteiger partial charge on any atom is 0.410 e. The molecular weight excluding hydrogens is 358 g/mol. The van der Waals surface area contributed by atoms with Crippen LogP contribution >= 0.6 is 0 Å². The second kappa shape index (κ2) is 8.02. The van der Waals surface area contributed by atoms with Crippen LogP contribution in [0.4, 0.5) is 4.79 Å². The standard InChI is InChI=1S/C21H31N3O4/c1-5-15(11-13-9-10-22-18(13)25)23-19(26)17-16-8-6-7-14(16)12-24(17)20(27)28-21(2,3)4/h1,13-17H,6-12H2,2-4H3,(H,22,25)(H,23,26)/t13-,14-,15+,16-,17-/m0/s1. The summed E-state index contributed by atoms with van der Waals surface area (Å²) < 4.78 is 5.53. The molecular formula is C21H31N3O4. The first-order valence-electron chi connectivity index (χ1n) is 10.2. The highest BCUT2D eigenvalue weighted by Gasteiger charge is 2.50. The fourth-order valence-electron chi connectivity index (χ4n) is 4.73. The minimum absolute atomic E-state index is 0.0124. The topological polar surface area (TPSA) is 87.7 Å². The van der Waals surface area contributed by atoms with E-state index < -0.39 is 23.8 Å². The molecule has 2 saturated heterocycles. The van der Waals surface area contributed by atoms with Crippen molar-refractivity contribution in [2.45, 2.75) is 70.6 Å². The van der Waals surface area contributed by atoms with Crippen LogP contribution < -0.4 is 10.6 Å². The van der Waals surface area contributed by atoms with Gasteiger partial charge in [0, 0.05) is 19.0 Å². The van der Waals surface area contributed by atoms with E-state index in [9.17, 15) is 14.4 Å². The van der Waals surface area contributed by atoms with Crippen molar-refractivity contribution in [3.8, 4) is 12.3 Å². The summed E-state index contributed by atoms with van der Waals surface area (Å²) in [6.07, 6.45) is 9.34. The van der Waals surface area contributed by atoms with Gasteiger partial charge in [0.25, 0.3) is 0 Å². The molecule has 2 N–H and O–H groups in total. The number of fused-ring (bicyclic) bond motifs is 1. The van der Waals surface area contributed by atoms with E-state index in [-0.39, 0.29) is 23.7 Å². The van der Waals surface area contributed by atoms with E-state index in [4.69, 9.17) is 11.2 Å². The molecule has 3 aliphatic rings. The van der Waals surface area contributed by atoms with Gasteiger partial charge >= 0.3 is 6.09 Å². The van der Waals surface area contributed by atoms with Crippen molar-refractivity contribution in [3.63, 3.8) is 0 Å². The van der Waals surface area contributed by atoms with Gasteiger partial charge in [0.15, 0.2) is 0 Å². The summed E-state index contributed by atoms with van der Waals surface area (Å²) in [5, 5.41) is 5.70. The lowest BCUT2D eigenvalue weighted by atomic mass is 9.92. The molecule has 0 bridgehead atoms. The number of hydrogen-bond acceptors (Lipinski definition) is 4. The molecule has 0 radical (unpaired) electrons. The molecule has 154 valence electrons. The van der Waals surface area contributed by atoms with Crippen molar-refractivity contribution < 1.29 is 19.1 Å². The molecule has 7 heteroatoms. The van der Waals surface area contributed by atoms with Crippen molar-refractivity contribution in [1.82, 2.24) is 15.5 Å². The van der Waals surface area contributed by atoms with E-state index in [0.29, 0.717) is 25.4 Å². The highest BCUT2D eigenvalue weighted by atomic mass is 16.6. The van der Waals surface area contributed by atoms with Crippen LogP contribution in [0, 0.1) is 30.1 Å². The third-order valence-electron chi connectivity index (χ3n) is 5.99. The van der Waals surface area contributed by atoms with Crippen molar-refractivity contribution >= 4 is 17.9 Å². The molecule has 2 aliphatic heterocycles. The lowest BCUT2D eigenvalue weighted by Gasteiger charge is -2.30. The van der Waals surface area contributed by atoms with Crippen LogP contribution in [0.2, 0.25) is 0 Å². The monoisotopic (exact) mass is 389 g/mol. The van der Waals surface area contributed by atoms with Crippen molar-refractivity contribution in [2.75, 3.05) is 13.1 Å². The van der Waals surface area contributed by atoms with Crippen LogP contribution in [0.25, 0.3) is 0 Å². The Morgan fingerprint density at radius 1 is 1.36 bits per heavy atom. The van der Waals surface area contributed by atoms with E-state index in [0.717, 1.165) is 25.7 Å². The smallest absolute Gasteiger partial charge is 0.410 e. The molecule has 0 aromatic heterocycles. The molecule has 1 saturated carbocycles. The molecule has 3 rings (SSSR count). The first-order chi connectivity index (χ1) is 13.2. The van der Waals surface area contributed by atoms with E-state index in [2.05, 4.69) is 16.6 Å². The van der Waals surface area contributed by atoms with Gasteiger partial charge in [-0.25, -0.2) is 4.79 Å². The molecule has 0 aromatic carbocycles. The van der Waals surface area contributed by atoms with Gasteiger partial charge in [-0.15, -0.1) is 6.42 Å². The van der Waals surface area contributed by atoms with E-state index in [1.807, 2.05) is 20.8 Å². The molecule has 3 amide bonds. The molecule has 28 heavy (non-hydrogen) atoms. The number of likely N-dealkylation sites (tertiary alicyclic amines) is 1. The largest absolute Gasteiger partial charge is 0.444 e. The Labute approximate surface area is 166 Å². The predicted octanol–water partition coefficient (Wildman–Crippen LogP) is 1.67. The predicted molar refractivity (Wildman–Crippen MR) is 104 cm³/mol. The summed E-state index contributed by atoms with van der Waals surface area (Å²) in [4.78, 5) is 39.3. The van der Waals surface area contributed by atoms with Gasteiger partial charge in [0.1, 0.15) is 11.6 Å². The average Bonchev–Trinajstić information content (AvgIpc) is 3.28. The number of terminal acetylenes is 1. The molecule has 0 aromatic rings. The van der Waals surface area contributed by atoms with Gasteiger partial charge in [-0.1, -0.05) is 12.3 Å². The van der Waals surface area contributed by atoms with Crippen LogP contribution in [0.3, 0.4) is 0 Å². The number of hydrogen-bond donors (Lipinski definition) is 2. The molecule has 2 heterocycles. The molecule has 5 atom stereocenters. The zero-order chi connectivity index (χ0) is 20.5. The van der Waals surface area contributed by atoms with Crippen LogP contribution in [0.5, 0.6) is 0 Å². The number of amides is 3. The highest BCUT2D eigenvalue weighted by molar-refractivity contribution is 5.87. The zero-order valence-corrected chi connectivity index (χ0v) is 17.0. The van der Waals surface area contributed by atoms with Crippen molar-refractivity contribution in [2.24, 2.45) is 17.8 Å². The Bertz CT molecular complexity index is 678. The van der Waals surface area contributed by atoms with Crippen molar-refractivity contribution in [3.05, 3.63) is 0 Å². The second-order valence-electron chi connectivity index (χ2n) is 9.17. The van der Waals surface area contributed by atoms with E-state index in [1.54, 1.807) is 4.90 Å². The maximum atomic E-state index is 13.1. The van der Waals surface area contributed by atoms with Crippen LogP contribution in [-0.2, 0) is 14.3 Å². The summed E-state index contributed by atoms with van der Waals surface area (Å²) in [7, 11) is 0. The number of nitrogens with zero attached hydrogens (tertiary/aromatic N) is 1. The number of ether oxygens (including phenoxy) is 1. The summed E-state index contributed by atoms with van der Waals surface area (Å²) >= 11 is 0. The van der Waals surface area contributed by atoms with Crippen LogP contribution in [0.1, 0.15) is 52.9 Å². The minimum atomic E-state index is -0.618. The third kappa shape index (κ3) is 4.43. The normalized spacial score (nSPS) is 30.4. The fraction of sp³-hybridized carbons (Fsp3) is 0.762. The number of rotatable bonds is 4. The summed E-state index contributed by atoms with van der Waals surface area (Å²) in [5.74, 6) is 2.64. The minimum Gasteiger partial charge on any atom is -0.444 e. The number of carbonyl (C=O) groups excluding carboxylic acids is 3. The second-order valence-corrected chi connectivity index (χ2v) is 9.17. The van der Waals surface area contributed by atoms with Crippen molar-refractivity contribution in [1.29, 1.82) is 0 Å². The Morgan fingerprint density at radius 3 is 2.71 bits per heavy atom. The molecule has 3 fully saturated rings. The van der Waals surface area contributed by atoms with Gasteiger partial charge in [-0.05, 0) is 58.3 Å². The summed E-state index contributed by atoms with van der Waals surface area (Å²) in [5.41, 5.74) is -0.618. The van der Waals surface area contributed by atoms with Crippen LogP contribution in [-0.4, -0.2) is 53.6 Å².